The topological polar surface area (TPSA) is 154 Å². The molecule has 1 aromatic carbocycles. The Balaban J connectivity index is 1.31. The predicted octanol–water partition coefficient (Wildman–Crippen LogP) is 4.87. The summed E-state index contributed by atoms with van der Waals surface area (Å²) in [6, 6.07) is 5.26. The number of thioether (sulfide) groups is 1. The van der Waals surface area contributed by atoms with Crippen LogP contribution in [0.25, 0.3) is 10.9 Å². The summed E-state index contributed by atoms with van der Waals surface area (Å²) in [6.07, 6.45) is 12.1. The van der Waals surface area contributed by atoms with Crippen LogP contribution in [0, 0.1) is 22.7 Å². The number of aliphatic hydroxyl groups excluding tert-OH is 1. The molecule has 62 heavy (non-hydrogen) atoms. The lowest BCUT2D eigenvalue weighted by Gasteiger charge is -2.63. The Morgan fingerprint density at radius 1 is 1.03 bits per heavy atom. The highest BCUT2D eigenvalue weighted by Gasteiger charge is 2.81. The van der Waals surface area contributed by atoms with E-state index in [4.69, 9.17) is 18.9 Å². The number of nitrogens with zero attached hydrogens (tertiary/aromatic N) is 3. The van der Waals surface area contributed by atoms with Gasteiger partial charge in [0, 0.05) is 110 Å². The number of aromatic nitrogens is 1. The number of fused-ring (bicyclic) bond motifs is 6. The van der Waals surface area contributed by atoms with Crippen LogP contribution >= 0.6 is 11.8 Å². The van der Waals surface area contributed by atoms with Crippen molar-refractivity contribution in [2.75, 3.05) is 66.9 Å². The Labute approximate surface area is 368 Å². The van der Waals surface area contributed by atoms with Gasteiger partial charge in [-0.05, 0) is 80.0 Å². The van der Waals surface area contributed by atoms with E-state index in [1.54, 1.807) is 18.9 Å². The molecule has 3 N–H and O–H groups in total. The molecule has 3 unspecified atom stereocenters. The van der Waals surface area contributed by atoms with Gasteiger partial charge in [-0.2, -0.15) is 0 Å². The van der Waals surface area contributed by atoms with Gasteiger partial charge in [0.25, 0.3) is 0 Å². The largest absolute Gasteiger partial charge is 0.468 e. The van der Waals surface area contributed by atoms with Gasteiger partial charge in [0.05, 0.1) is 26.4 Å². The van der Waals surface area contributed by atoms with Crippen molar-refractivity contribution in [3.05, 3.63) is 76.7 Å². The molecule has 3 fully saturated rings. The minimum atomic E-state index is -2.28. The van der Waals surface area contributed by atoms with E-state index in [0.717, 1.165) is 63.6 Å². The molecule has 2 saturated heterocycles. The fraction of sp³-hybridized carbons (Fsp3) is 0.604. The first-order valence-corrected chi connectivity index (χ1v) is 23.3. The molecule has 5 aliphatic heterocycles. The molecule has 2 aromatic rings. The van der Waals surface area contributed by atoms with Gasteiger partial charge in [0.1, 0.15) is 5.41 Å². The Morgan fingerprint density at radius 3 is 2.52 bits per heavy atom. The summed E-state index contributed by atoms with van der Waals surface area (Å²) < 4.78 is 24.2. The monoisotopic (exact) mass is 870 g/mol. The van der Waals surface area contributed by atoms with E-state index in [1.165, 1.54) is 26.7 Å². The van der Waals surface area contributed by atoms with Crippen molar-refractivity contribution in [2.45, 2.75) is 99.6 Å². The molecule has 1 spiro atoms. The first kappa shape index (κ1) is 43.3. The van der Waals surface area contributed by atoms with Gasteiger partial charge >= 0.3 is 17.9 Å². The van der Waals surface area contributed by atoms with Crippen LogP contribution in [0.4, 0.5) is 0 Å². The van der Waals surface area contributed by atoms with Crippen LogP contribution in [0.3, 0.4) is 0 Å². The third kappa shape index (κ3) is 5.95. The molecule has 2 bridgehead atoms. The fourth-order valence-corrected chi connectivity index (χ4v) is 14.5. The summed E-state index contributed by atoms with van der Waals surface area (Å²) in [5.74, 6) is -1.56. The molecule has 0 radical (unpaired) electrons. The molecule has 1 aromatic heterocycles. The van der Waals surface area contributed by atoms with Crippen molar-refractivity contribution in [1.29, 1.82) is 0 Å². The van der Waals surface area contributed by atoms with Gasteiger partial charge in [-0.15, -0.1) is 11.8 Å². The fourth-order valence-electron chi connectivity index (χ4n) is 13.7. The Morgan fingerprint density at radius 2 is 1.82 bits per heavy atom. The third-order valence-electron chi connectivity index (χ3n) is 15.8. The highest BCUT2D eigenvalue weighted by molar-refractivity contribution is 7.99. The summed E-state index contributed by atoms with van der Waals surface area (Å²) in [6.45, 7) is 9.30. The first-order valence-electron chi connectivity index (χ1n) is 22.3. The summed E-state index contributed by atoms with van der Waals surface area (Å²) in [5.41, 5.74) is 0.557. The second kappa shape index (κ2) is 16.0. The van der Waals surface area contributed by atoms with Gasteiger partial charge in [-0.25, -0.2) is 4.79 Å². The number of benzene rings is 1. The zero-order chi connectivity index (χ0) is 43.9. The van der Waals surface area contributed by atoms with Crippen molar-refractivity contribution < 1.29 is 43.5 Å². The molecule has 7 aliphatic rings. The number of rotatable bonds is 11. The van der Waals surface area contributed by atoms with E-state index in [-0.39, 0.29) is 24.5 Å². The second-order valence-corrected chi connectivity index (χ2v) is 19.8. The van der Waals surface area contributed by atoms with Gasteiger partial charge in [0.2, 0.25) is 5.60 Å². The minimum absolute atomic E-state index is 0.0298. The summed E-state index contributed by atoms with van der Waals surface area (Å²) >= 11 is 1.71. The molecule has 9 rings (SSSR count). The van der Waals surface area contributed by atoms with E-state index in [9.17, 15) is 19.8 Å². The predicted molar refractivity (Wildman–Crippen MR) is 235 cm³/mol. The molecule has 13 nitrogen and oxygen atoms in total. The number of aliphatic hydroxyl groups is 2. The van der Waals surface area contributed by atoms with Crippen molar-refractivity contribution in [3.63, 3.8) is 0 Å². The average Bonchev–Trinajstić information content (AvgIpc) is 3.92. The van der Waals surface area contributed by atoms with E-state index >= 15 is 4.79 Å². The van der Waals surface area contributed by atoms with Crippen LogP contribution in [0.15, 0.2) is 70.3 Å². The van der Waals surface area contributed by atoms with Gasteiger partial charge < -0.3 is 39.0 Å². The van der Waals surface area contributed by atoms with Crippen molar-refractivity contribution >= 4 is 40.6 Å². The number of likely N-dealkylation sites (tertiary alicyclic amines) is 1. The maximum atomic E-state index is 15.4. The lowest BCUT2D eigenvalue weighted by atomic mass is 9.47. The lowest BCUT2D eigenvalue weighted by Crippen LogP contribution is -2.79. The van der Waals surface area contributed by atoms with Crippen LogP contribution < -0.4 is 0 Å². The molecular weight excluding hydrogens is 809 g/mol. The number of methoxy groups -OCH3 is 3. The number of nitrogens with one attached hydrogen (secondary N) is 1. The summed E-state index contributed by atoms with van der Waals surface area (Å²) in [7, 11) is 6.32. The number of carbonyl (C=O) groups is 3. The number of hydrogen-bond donors (Lipinski definition) is 3. The SMILES string of the molecule is CCC1=C[C@H]2CN(C1)Cc1c([nH]c3ccc(SCCCO)cc13)[C@@](C(=O)OC)(C1C=C3C(=CC1OC)N(C)[C@H]1[C@@](O)(C(=O)OC)[C@H](OC(C)=O)[C@]4(CC)C=CCN5CC[C@]31[C@@H]54)C2. The molecule has 334 valence electrons. The van der Waals surface area contributed by atoms with E-state index in [1.807, 2.05) is 18.9 Å². The maximum absolute atomic E-state index is 15.4. The van der Waals surface area contributed by atoms with Crippen LogP contribution in [-0.2, 0) is 45.3 Å². The molecule has 14 heteroatoms. The molecule has 1 saturated carbocycles. The van der Waals surface area contributed by atoms with E-state index in [2.05, 4.69) is 70.3 Å². The Kier molecular flexibility index (Phi) is 11.2. The number of H-pyrrole nitrogens is 1. The number of carbonyl (C=O) groups excluding carboxylic acids is 3. The average molecular weight is 871 g/mol. The van der Waals surface area contributed by atoms with Crippen molar-refractivity contribution in [3.8, 4) is 0 Å². The first-order chi connectivity index (χ1) is 29.8. The normalized spacial score (nSPS) is 36.9. The summed E-state index contributed by atoms with van der Waals surface area (Å²) in [5, 5.41) is 24.0. The molecule has 2 aliphatic carbocycles. The number of esters is 3. The Hall–Kier alpha value is -3.92. The number of allylic oxidation sites excluding steroid dienone is 1. The third-order valence-corrected chi connectivity index (χ3v) is 16.9. The maximum Gasteiger partial charge on any atom is 0.344 e. The zero-order valence-corrected chi connectivity index (χ0v) is 37.9. The molecular formula is C48H62N4O9S. The van der Waals surface area contributed by atoms with Crippen LogP contribution in [-0.4, -0.2) is 145 Å². The van der Waals surface area contributed by atoms with Crippen LogP contribution in [0.2, 0.25) is 0 Å². The van der Waals surface area contributed by atoms with Crippen LogP contribution in [0.1, 0.15) is 64.1 Å². The lowest BCUT2D eigenvalue weighted by molar-refractivity contribution is -0.243. The molecule has 11 atom stereocenters. The van der Waals surface area contributed by atoms with E-state index < -0.39 is 58.0 Å². The highest BCUT2D eigenvalue weighted by atomic mass is 32.2. The van der Waals surface area contributed by atoms with Gasteiger partial charge in [-0.3, -0.25) is 19.4 Å². The van der Waals surface area contributed by atoms with E-state index in [0.29, 0.717) is 45.3 Å². The summed E-state index contributed by atoms with van der Waals surface area (Å²) in [4.78, 5) is 54.8. The molecule has 0 amide bonds. The zero-order valence-electron chi connectivity index (χ0n) is 37.1. The highest BCUT2D eigenvalue weighted by Crippen LogP contribution is 2.70. The number of aromatic amines is 1. The second-order valence-electron chi connectivity index (χ2n) is 18.6. The molecule has 6 heterocycles. The van der Waals surface area contributed by atoms with Crippen LogP contribution in [0.5, 0.6) is 0 Å². The van der Waals surface area contributed by atoms with Gasteiger partial charge in [-0.1, -0.05) is 43.7 Å². The Bertz CT molecular complexity index is 2290. The van der Waals surface area contributed by atoms with Crippen molar-refractivity contribution in [2.24, 2.45) is 22.7 Å². The van der Waals surface area contributed by atoms with Gasteiger partial charge in [0.15, 0.2) is 6.10 Å². The minimum Gasteiger partial charge on any atom is -0.468 e. The van der Waals surface area contributed by atoms with Crippen molar-refractivity contribution in [1.82, 2.24) is 19.7 Å². The quantitative estimate of drug-likeness (QED) is 0.0927. The number of hydrogen-bond acceptors (Lipinski definition) is 13. The number of likely N-dealkylation sites (N-methyl/N-ethyl adjacent to an activating group) is 1. The standard InChI is InChI=1S/C48H62N4O9S/c1-8-29-20-30-24-47(43(55)59-6,39-33(27-51(25-29)26-30)32-21-31(62-19-11-18-53)12-13-36(32)49-39)35-22-34-37(23-38(35)58-5)50(4)41-46(34)15-17-52-16-10-14-45(9-2,40(46)52)42(61-28(3)54)48(41,57)44(56)60-7/h10,12-14,20-23,30,35,38,40-42,49,53,57H,8-9,11,15-19,24-27H2,1-7H3/t30-,35?,38?,40+,41-,42-,45-,46-,47+,48+/m1/s1. The smallest absolute Gasteiger partial charge is 0.344 e. The number of ether oxygens (including phenoxy) is 4.